The van der Waals surface area contributed by atoms with E-state index < -0.39 is 0 Å². The molecule has 0 aliphatic rings. The van der Waals surface area contributed by atoms with Crippen molar-refractivity contribution in [2.24, 2.45) is 0 Å². The number of aromatic hydroxyl groups is 1. The number of hydrogen-bond donors (Lipinski definition) is 1. The Morgan fingerprint density at radius 3 is 2.11 bits per heavy atom. The Kier molecular flexibility index (Phi) is 3.56. The number of esters is 1. The summed E-state index contributed by atoms with van der Waals surface area (Å²) >= 11 is 0. The van der Waals surface area contributed by atoms with Crippen molar-refractivity contribution in [3.05, 3.63) is 47.5 Å². The van der Waals surface area contributed by atoms with Gasteiger partial charge in [-0.15, -0.1) is 0 Å². The number of ether oxygens (including phenoxy) is 1. The second-order valence-electron chi connectivity index (χ2n) is 4.58. The highest BCUT2D eigenvalue weighted by atomic mass is 16.5. The maximum absolute atomic E-state index is 11.0. The number of phenols is 1. The molecule has 0 fully saturated rings. The molecule has 0 amide bonds. The smallest absolute Gasteiger partial charge is 0.308 e. The Balaban J connectivity index is 2.38. The Hall–Kier alpha value is -2.29. The van der Waals surface area contributed by atoms with Crippen molar-refractivity contribution in [1.29, 1.82) is 0 Å². The summed E-state index contributed by atoms with van der Waals surface area (Å²) in [6.45, 7) is 5.14. The zero-order valence-corrected chi connectivity index (χ0v) is 11.2. The predicted molar refractivity (Wildman–Crippen MR) is 74.3 cm³/mol. The van der Waals surface area contributed by atoms with E-state index in [9.17, 15) is 9.90 Å². The molecule has 0 unspecified atom stereocenters. The minimum Gasteiger partial charge on any atom is -0.508 e. The number of benzene rings is 2. The summed E-state index contributed by atoms with van der Waals surface area (Å²) in [4.78, 5) is 11.0. The number of phenolic OH excluding ortho intramolecular Hbond substituents is 1. The fourth-order valence-electron chi connectivity index (χ4n) is 1.93. The highest BCUT2D eigenvalue weighted by Crippen LogP contribution is 2.29. The van der Waals surface area contributed by atoms with Gasteiger partial charge in [0.25, 0.3) is 0 Å². The van der Waals surface area contributed by atoms with Crippen LogP contribution in [0.25, 0.3) is 11.1 Å². The lowest BCUT2D eigenvalue weighted by atomic mass is 10.0. The van der Waals surface area contributed by atoms with Crippen molar-refractivity contribution in [2.45, 2.75) is 20.8 Å². The first-order chi connectivity index (χ1) is 8.97. The van der Waals surface area contributed by atoms with E-state index in [1.807, 2.05) is 38.1 Å². The van der Waals surface area contributed by atoms with Crippen LogP contribution in [0.4, 0.5) is 0 Å². The fourth-order valence-corrected chi connectivity index (χ4v) is 1.93. The molecule has 98 valence electrons. The highest BCUT2D eigenvalue weighted by Gasteiger charge is 2.06. The predicted octanol–water partition coefficient (Wildman–Crippen LogP) is 3.60. The summed E-state index contributed by atoms with van der Waals surface area (Å²) in [6, 6.07) is 11.1. The monoisotopic (exact) mass is 256 g/mol. The van der Waals surface area contributed by atoms with Gasteiger partial charge in [-0.3, -0.25) is 4.79 Å². The lowest BCUT2D eigenvalue weighted by molar-refractivity contribution is -0.131. The van der Waals surface area contributed by atoms with Crippen molar-refractivity contribution in [1.82, 2.24) is 0 Å². The van der Waals surface area contributed by atoms with Gasteiger partial charge >= 0.3 is 5.97 Å². The van der Waals surface area contributed by atoms with Gasteiger partial charge in [0.1, 0.15) is 11.5 Å². The van der Waals surface area contributed by atoms with E-state index in [0.29, 0.717) is 5.75 Å². The molecule has 0 heterocycles. The summed E-state index contributed by atoms with van der Waals surface area (Å²) in [6.07, 6.45) is 0. The Morgan fingerprint density at radius 1 is 1.00 bits per heavy atom. The third-order valence-corrected chi connectivity index (χ3v) is 2.96. The molecule has 19 heavy (non-hydrogen) atoms. The maximum atomic E-state index is 11.0. The quantitative estimate of drug-likeness (QED) is 0.659. The minimum absolute atomic E-state index is 0.289. The Morgan fingerprint density at radius 2 is 1.58 bits per heavy atom. The highest BCUT2D eigenvalue weighted by molar-refractivity contribution is 5.72. The second-order valence-corrected chi connectivity index (χ2v) is 4.58. The number of carbonyl (C=O) groups is 1. The minimum atomic E-state index is -0.323. The molecule has 0 radical (unpaired) electrons. The standard InChI is InChI=1S/C16H16O3/c1-10-8-13(4-6-15(10)18)14-5-7-16(11(2)9-14)19-12(3)17/h4-9,18H,1-3H3. The van der Waals surface area contributed by atoms with Crippen LogP contribution >= 0.6 is 0 Å². The van der Waals surface area contributed by atoms with Crippen LogP contribution in [-0.4, -0.2) is 11.1 Å². The van der Waals surface area contributed by atoms with Crippen LogP contribution in [0.1, 0.15) is 18.1 Å². The molecule has 0 spiro atoms. The average molecular weight is 256 g/mol. The molecule has 2 aromatic rings. The van der Waals surface area contributed by atoms with E-state index in [-0.39, 0.29) is 11.7 Å². The summed E-state index contributed by atoms with van der Waals surface area (Å²) in [7, 11) is 0. The molecule has 0 saturated carbocycles. The van der Waals surface area contributed by atoms with Gasteiger partial charge in [-0.1, -0.05) is 12.1 Å². The van der Waals surface area contributed by atoms with Gasteiger partial charge in [-0.25, -0.2) is 0 Å². The van der Waals surface area contributed by atoms with E-state index in [2.05, 4.69) is 0 Å². The number of hydrogen-bond acceptors (Lipinski definition) is 3. The van der Waals surface area contributed by atoms with Crippen LogP contribution in [0.3, 0.4) is 0 Å². The summed E-state index contributed by atoms with van der Waals surface area (Å²) < 4.78 is 5.10. The summed E-state index contributed by atoms with van der Waals surface area (Å²) in [5.41, 5.74) is 3.78. The molecule has 2 rings (SSSR count). The first-order valence-corrected chi connectivity index (χ1v) is 6.06. The molecule has 2 aromatic carbocycles. The molecular formula is C16H16O3. The zero-order valence-electron chi connectivity index (χ0n) is 11.2. The van der Waals surface area contributed by atoms with Gasteiger partial charge in [0.15, 0.2) is 0 Å². The first kappa shape index (κ1) is 13.1. The van der Waals surface area contributed by atoms with Gasteiger partial charge in [0, 0.05) is 6.92 Å². The summed E-state index contributed by atoms with van der Waals surface area (Å²) in [5, 5.41) is 9.53. The lowest BCUT2D eigenvalue weighted by Crippen LogP contribution is -2.02. The van der Waals surface area contributed by atoms with E-state index >= 15 is 0 Å². The number of carbonyl (C=O) groups excluding carboxylic acids is 1. The second kappa shape index (κ2) is 5.14. The molecule has 0 saturated heterocycles. The van der Waals surface area contributed by atoms with Crippen molar-refractivity contribution >= 4 is 5.97 Å². The van der Waals surface area contributed by atoms with Crippen LogP contribution in [-0.2, 0) is 4.79 Å². The Bertz CT molecular complexity index is 630. The number of rotatable bonds is 2. The molecular weight excluding hydrogens is 240 g/mol. The topological polar surface area (TPSA) is 46.5 Å². The molecule has 0 aromatic heterocycles. The average Bonchev–Trinajstić information content (AvgIpc) is 2.35. The first-order valence-electron chi connectivity index (χ1n) is 6.06. The maximum Gasteiger partial charge on any atom is 0.308 e. The van der Waals surface area contributed by atoms with Gasteiger partial charge in [-0.05, 0) is 60.4 Å². The largest absolute Gasteiger partial charge is 0.508 e. The molecule has 1 N–H and O–H groups in total. The molecule has 0 atom stereocenters. The van der Waals surface area contributed by atoms with Crippen molar-refractivity contribution in [2.75, 3.05) is 0 Å². The molecule has 0 aliphatic heterocycles. The van der Waals surface area contributed by atoms with Gasteiger partial charge in [0.2, 0.25) is 0 Å². The van der Waals surface area contributed by atoms with Crippen LogP contribution in [0, 0.1) is 13.8 Å². The molecule has 0 aliphatic carbocycles. The van der Waals surface area contributed by atoms with E-state index in [4.69, 9.17) is 4.74 Å². The third-order valence-electron chi connectivity index (χ3n) is 2.96. The van der Waals surface area contributed by atoms with Crippen molar-refractivity contribution < 1.29 is 14.6 Å². The van der Waals surface area contributed by atoms with E-state index in [0.717, 1.165) is 22.3 Å². The molecule has 0 bridgehead atoms. The van der Waals surface area contributed by atoms with Crippen molar-refractivity contribution in [3.63, 3.8) is 0 Å². The van der Waals surface area contributed by atoms with Crippen LogP contribution in [0.5, 0.6) is 11.5 Å². The van der Waals surface area contributed by atoms with Crippen LogP contribution in [0.15, 0.2) is 36.4 Å². The summed E-state index contributed by atoms with van der Waals surface area (Å²) in [5.74, 6) is 0.542. The normalized spacial score (nSPS) is 10.3. The zero-order chi connectivity index (χ0) is 14.0. The van der Waals surface area contributed by atoms with Crippen LogP contribution < -0.4 is 4.74 Å². The Labute approximate surface area is 112 Å². The van der Waals surface area contributed by atoms with Gasteiger partial charge in [0.05, 0.1) is 0 Å². The SMILES string of the molecule is CC(=O)Oc1ccc(-c2ccc(O)c(C)c2)cc1C. The van der Waals surface area contributed by atoms with E-state index in [1.165, 1.54) is 6.92 Å². The van der Waals surface area contributed by atoms with Crippen LogP contribution in [0.2, 0.25) is 0 Å². The van der Waals surface area contributed by atoms with Crippen molar-refractivity contribution in [3.8, 4) is 22.6 Å². The third kappa shape index (κ3) is 2.94. The molecule has 3 heteroatoms. The van der Waals surface area contributed by atoms with Gasteiger partial charge in [-0.2, -0.15) is 0 Å². The lowest BCUT2D eigenvalue weighted by Gasteiger charge is -2.09. The number of aryl methyl sites for hydroxylation is 2. The van der Waals surface area contributed by atoms with Gasteiger partial charge < -0.3 is 9.84 Å². The fraction of sp³-hybridized carbons (Fsp3) is 0.188. The van der Waals surface area contributed by atoms with E-state index in [1.54, 1.807) is 12.1 Å². The molecule has 3 nitrogen and oxygen atoms in total.